The third-order valence-electron chi connectivity index (χ3n) is 2.49. The number of methoxy groups -OCH3 is 1. The smallest absolute Gasteiger partial charge is 0.270 e. The van der Waals surface area contributed by atoms with E-state index in [-0.39, 0.29) is 5.96 Å². The van der Waals surface area contributed by atoms with Crippen molar-refractivity contribution in [3.05, 3.63) is 11.1 Å². The van der Waals surface area contributed by atoms with E-state index in [1.807, 2.05) is 5.38 Å². The van der Waals surface area contributed by atoms with Gasteiger partial charge in [-0.25, -0.2) is 4.98 Å². The molecule has 0 amide bonds. The average molecular weight is 360 g/mol. The number of aliphatic imine (C=N–C) groups is 1. The lowest BCUT2D eigenvalue weighted by Crippen LogP contribution is -2.21. The van der Waals surface area contributed by atoms with E-state index in [0.29, 0.717) is 22.1 Å². The summed E-state index contributed by atoms with van der Waals surface area (Å²) in [5.74, 6) is 2.04. The van der Waals surface area contributed by atoms with Crippen LogP contribution in [0, 0.1) is 0 Å². The Balaban J connectivity index is 1.77. The molecule has 0 aromatic carbocycles. The van der Waals surface area contributed by atoms with Crippen molar-refractivity contribution >= 4 is 51.7 Å². The minimum atomic E-state index is 0.0249. The van der Waals surface area contributed by atoms with Crippen LogP contribution in [0.1, 0.15) is 12.6 Å². The van der Waals surface area contributed by atoms with Crippen LogP contribution >= 0.6 is 34.8 Å². The van der Waals surface area contributed by atoms with Crippen molar-refractivity contribution in [2.45, 2.75) is 17.9 Å². The Morgan fingerprint density at radius 3 is 3.05 bits per heavy atom. The van der Waals surface area contributed by atoms with Crippen LogP contribution in [-0.4, -0.2) is 38.6 Å². The molecule has 22 heavy (non-hydrogen) atoms. The first kappa shape index (κ1) is 16.8. The predicted molar refractivity (Wildman–Crippen MR) is 93.3 cm³/mol. The van der Waals surface area contributed by atoms with E-state index in [2.05, 4.69) is 31.0 Å². The second kappa shape index (κ2) is 8.15. The lowest BCUT2D eigenvalue weighted by molar-refractivity contribution is 0.403. The standard InChI is InChI=1S/C11H17N7OS3/c1-6(3-14-8-9(19-2)18-22-17-8)20-4-7-5-21-11(15-7)16-10(12)13/h5-6H,3-4H2,1-2H3,(H,14,17)(H4,12,13,15,16). The molecule has 0 aliphatic heterocycles. The molecule has 0 fully saturated rings. The summed E-state index contributed by atoms with van der Waals surface area (Å²) in [6, 6.07) is 0. The maximum atomic E-state index is 5.33. The van der Waals surface area contributed by atoms with Gasteiger partial charge in [-0.1, -0.05) is 6.92 Å². The van der Waals surface area contributed by atoms with Crippen molar-refractivity contribution in [2.24, 2.45) is 16.5 Å². The van der Waals surface area contributed by atoms with Gasteiger partial charge in [-0.3, -0.25) is 0 Å². The SMILES string of the molecule is COc1nsnc1NCC(C)SCc1csc(N=C(N)N)n1. The van der Waals surface area contributed by atoms with Crippen LogP contribution in [-0.2, 0) is 5.75 Å². The van der Waals surface area contributed by atoms with Gasteiger partial charge in [-0.2, -0.15) is 21.1 Å². The highest BCUT2D eigenvalue weighted by atomic mass is 32.2. The van der Waals surface area contributed by atoms with Crippen molar-refractivity contribution in [1.29, 1.82) is 0 Å². The summed E-state index contributed by atoms with van der Waals surface area (Å²) in [6.07, 6.45) is 0. The summed E-state index contributed by atoms with van der Waals surface area (Å²) >= 11 is 4.33. The molecule has 2 aromatic rings. The molecule has 120 valence electrons. The molecule has 2 aromatic heterocycles. The molecule has 0 spiro atoms. The summed E-state index contributed by atoms with van der Waals surface area (Å²) in [4.78, 5) is 8.28. The van der Waals surface area contributed by atoms with Crippen molar-refractivity contribution in [2.75, 3.05) is 19.0 Å². The van der Waals surface area contributed by atoms with Gasteiger partial charge in [0.15, 0.2) is 5.96 Å². The number of ether oxygens (including phenoxy) is 1. The molecule has 0 saturated carbocycles. The molecular formula is C11H17N7OS3. The second-order valence-corrected chi connectivity index (χ2v) is 7.07. The molecule has 2 rings (SSSR count). The molecule has 0 saturated heterocycles. The first-order valence-electron chi connectivity index (χ1n) is 6.34. The van der Waals surface area contributed by atoms with E-state index in [9.17, 15) is 0 Å². The molecule has 0 aliphatic carbocycles. The van der Waals surface area contributed by atoms with E-state index in [1.54, 1.807) is 18.9 Å². The zero-order valence-corrected chi connectivity index (χ0v) is 14.6. The zero-order valence-electron chi connectivity index (χ0n) is 12.1. The van der Waals surface area contributed by atoms with Gasteiger partial charge in [-0.15, -0.1) is 15.7 Å². The fraction of sp³-hybridized carbons (Fsp3) is 0.455. The highest BCUT2D eigenvalue weighted by molar-refractivity contribution is 7.99. The number of hydrogen-bond acceptors (Lipinski definition) is 9. The summed E-state index contributed by atoms with van der Waals surface area (Å²) < 4.78 is 13.3. The molecule has 0 radical (unpaired) electrons. The van der Waals surface area contributed by atoms with E-state index in [4.69, 9.17) is 16.2 Å². The second-order valence-electron chi connectivity index (χ2n) is 4.28. The molecule has 11 heteroatoms. The number of aromatic nitrogens is 3. The van der Waals surface area contributed by atoms with Crippen molar-refractivity contribution < 1.29 is 4.74 Å². The lowest BCUT2D eigenvalue weighted by Gasteiger charge is -2.11. The van der Waals surface area contributed by atoms with Gasteiger partial charge in [0, 0.05) is 22.9 Å². The monoisotopic (exact) mass is 359 g/mol. The Morgan fingerprint density at radius 1 is 1.50 bits per heavy atom. The number of nitrogens with two attached hydrogens (primary N) is 2. The fourth-order valence-electron chi connectivity index (χ4n) is 1.47. The number of nitrogens with one attached hydrogen (secondary N) is 1. The maximum Gasteiger partial charge on any atom is 0.270 e. The van der Waals surface area contributed by atoms with Gasteiger partial charge >= 0.3 is 0 Å². The Kier molecular flexibility index (Phi) is 6.21. The van der Waals surface area contributed by atoms with Crippen LogP contribution in [0.25, 0.3) is 0 Å². The third-order valence-corrected chi connectivity index (χ3v) is 4.98. The summed E-state index contributed by atoms with van der Waals surface area (Å²) in [7, 11) is 1.58. The number of thiazole rings is 1. The Bertz CT molecular complexity index is 623. The number of guanidine groups is 1. The van der Waals surface area contributed by atoms with Crippen LogP contribution in [0.2, 0.25) is 0 Å². The van der Waals surface area contributed by atoms with Gasteiger partial charge in [-0.05, 0) is 0 Å². The van der Waals surface area contributed by atoms with Crippen LogP contribution < -0.4 is 21.5 Å². The Hall–Kier alpha value is -1.59. The molecule has 1 unspecified atom stereocenters. The van der Waals surface area contributed by atoms with Gasteiger partial charge in [0.2, 0.25) is 10.9 Å². The lowest BCUT2D eigenvalue weighted by atomic mass is 10.4. The van der Waals surface area contributed by atoms with Crippen LogP contribution in [0.15, 0.2) is 10.4 Å². The van der Waals surface area contributed by atoms with Gasteiger partial charge in [0.25, 0.3) is 5.88 Å². The molecule has 0 bridgehead atoms. The van der Waals surface area contributed by atoms with Crippen molar-refractivity contribution in [1.82, 2.24) is 13.7 Å². The summed E-state index contributed by atoms with van der Waals surface area (Å²) in [5.41, 5.74) is 11.6. The fourth-order valence-corrected chi connectivity index (χ4v) is 3.59. The minimum absolute atomic E-state index is 0.0249. The highest BCUT2D eigenvalue weighted by Crippen LogP contribution is 2.25. The van der Waals surface area contributed by atoms with E-state index in [0.717, 1.165) is 29.7 Å². The first-order chi connectivity index (χ1) is 10.6. The molecule has 8 nitrogen and oxygen atoms in total. The largest absolute Gasteiger partial charge is 0.478 e. The molecule has 5 N–H and O–H groups in total. The average Bonchev–Trinajstić information content (AvgIpc) is 3.10. The van der Waals surface area contributed by atoms with Gasteiger partial charge < -0.3 is 21.5 Å². The Labute approximate surface area is 140 Å². The third kappa shape index (κ3) is 5.00. The number of anilines is 1. The number of rotatable bonds is 8. The maximum absolute atomic E-state index is 5.33. The highest BCUT2D eigenvalue weighted by Gasteiger charge is 2.10. The zero-order chi connectivity index (χ0) is 15.9. The van der Waals surface area contributed by atoms with Gasteiger partial charge in [0.05, 0.1) is 24.5 Å². The van der Waals surface area contributed by atoms with Crippen molar-refractivity contribution in [3.8, 4) is 5.88 Å². The molecule has 1 atom stereocenters. The first-order valence-corrected chi connectivity index (χ1v) is 9.00. The number of thioether (sulfide) groups is 1. The summed E-state index contributed by atoms with van der Waals surface area (Å²) in [6.45, 7) is 2.89. The normalized spacial score (nSPS) is 11.9. The molecular weight excluding hydrogens is 342 g/mol. The topological polar surface area (TPSA) is 124 Å². The van der Waals surface area contributed by atoms with Gasteiger partial charge in [0.1, 0.15) is 0 Å². The van der Waals surface area contributed by atoms with E-state index < -0.39 is 0 Å². The van der Waals surface area contributed by atoms with Crippen LogP contribution in [0.5, 0.6) is 5.88 Å². The van der Waals surface area contributed by atoms with Crippen molar-refractivity contribution in [3.63, 3.8) is 0 Å². The van der Waals surface area contributed by atoms with Crippen LogP contribution in [0.3, 0.4) is 0 Å². The predicted octanol–water partition coefficient (Wildman–Crippen LogP) is 1.64. The Morgan fingerprint density at radius 2 is 2.32 bits per heavy atom. The molecule has 2 heterocycles. The quantitative estimate of drug-likeness (QED) is 0.480. The van der Waals surface area contributed by atoms with Crippen LogP contribution in [0.4, 0.5) is 10.9 Å². The van der Waals surface area contributed by atoms with E-state index >= 15 is 0 Å². The molecule has 0 aliphatic rings. The summed E-state index contributed by atoms with van der Waals surface area (Å²) in [5, 5.41) is 6.15. The number of nitrogens with zero attached hydrogens (tertiary/aromatic N) is 4. The number of hydrogen-bond donors (Lipinski definition) is 3. The van der Waals surface area contributed by atoms with E-state index in [1.165, 1.54) is 11.3 Å². The minimum Gasteiger partial charge on any atom is -0.478 e.